The van der Waals surface area contributed by atoms with E-state index in [4.69, 9.17) is 30.5 Å². The van der Waals surface area contributed by atoms with Crippen LogP contribution in [0.3, 0.4) is 0 Å². The Balaban J connectivity index is 1.19. The van der Waals surface area contributed by atoms with Crippen molar-refractivity contribution in [2.75, 3.05) is 57.5 Å². The third-order valence-electron chi connectivity index (χ3n) is 8.52. The van der Waals surface area contributed by atoms with E-state index in [-0.39, 0.29) is 12.5 Å². The van der Waals surface area contributed by atoms with Crippen molar-refractivity contribution in [1.29, 1.82) is 0 Å². The first-order chi connectivity index (χ1) is 21.4. The van der Waals surface area contributed by atoms with Gasteiger partial charge in [-0.15, -0.1) is 0 Å². The Hall–Kier alpha value is -3.27. The Kier molecular flexibility index (Phi) is 9.94. The summed E-state index contributed by atoms with van der Waals surface area (Å²) in [7, 11) is -0.847. The fourth-order valence-corrected chi connectivity index (χ4v) is 7.23. The molecule has 0 N–H and O–H groups in total. The summed E-state index contributed by atoms with van der Waals surface area (Å²) < 4.78 is 35.7. The van der Waals surface area contributed by atoms with Crippen molar-refractivity contribution in [3.63, 3.8) is 0 Å². The third kappa shape index (κ3) is 7.33. The minimum absolute atomic E-state index is 0.0859. The number of fused-ring (bicyclic) bond motifs is 1. The molecule has 0 atom stereocenters. The molecule has 2 fully saturated rings. The Bertz CT molecular complexity index is 1520. The topological polar surface area (TPSA) is 77.5 Å². The summed E-state index contributed by atoms with van der Waals surface area (Å²) in [5.74, 6) is 3.56. The Morgan fingerprint density at radius 2 is 1.66 bits per heavy atom. The van der Waals surface area contributed by atoms with E-state index in [1.54, 1.807) is 4.90 Å². The smallest absolute Gasteiger partial charge is 0.260 e. The van der Waals surface area contributed by atoms with Crippen molar-refractivity contribution < 1.29 is 28.0 Å². The number of carbonyl (C=O) groups excluding carboxylic acids is 1. The summed E-state index contributed by atoms with van der Waals surface area (Å²) in [6, 6.07) is 15.9. The predicted octanol–water partition coefficient (Wildman–Crippen LogP) is 5.62. The summed E-state index contributed by atoms with van der Waals surface area (Å²) in [5, 5.41) is 0.509. The first-order valence-electron chi connectivity index (χ1n) is 15.4. The van der Waals surface area contributed by atoms with Crippen LogP contribution in [-0.2, 0) is 28.7 Å². The normalized spacial score (nSPS) is 17.4. The monoisotopic (exact) mass is 638 g/mol. The summed E-state index contributed by atoms with van der Waals surface area (Å²) in [5.41, 5.74) is 5.22. The summed E-state index contributed by atoms with van der Waals surface area (Å²) >= 11 is 6.79. The Morgan fingerprint density at radius 3 is 2.45 bits per heavy atom. The number of amides is 1. The molecule has 3 aromatic carbocycles. The van der Waals surface area contributed by atoms with Crippen LogP contribution in [0.5, 0.6) is 23.0 Å². The van der Waals surface area contributed by atoms with Gasteiger partial charge in [-0.1, -0.05) is 42.3 Å². The zero-order chi connectivity index (χ0) is 30.5. The van der Waals surface area contributed by atoms with E-state index in [9.17, 15) is 9.00 Å². The highest BCUT2D eigenvalue weighted by atomic mass is 35.5. The zero-order valence-electron chi connectivity index (χ0n) is 25.1. The Morgan fingerprint density at radius 1 is 0.886 bits per heavy atom. The van der Waals surface area contributed by atoms with Crippen LogP contribution >= 0.6 is 11.6 Å². The van der Waals surface area contributed by atoms with Crippen molar-refractivity contribution in [3.05, 3.63) is 70.2 Å². The number of carbonyl (C=O) groups is 1. The van der Waals surface area contributed by atoms with E-state index in [1.165, 1.54) is 19.3 Å². The molecule has 0 aliphatic carbocycles. The molecule has 8 nitrogen and oxygen atoms in total. The SMILES string of the molecule is Cc1c(COc2cc(OCC(=O)N3CCS(=O)CC3)c(CN3CCCCC3)cc2Cl)cccc1-c1ccc2c(c1)OCCO2. The van der Waals surface area contributed by atoms with Crippen molar-refractivity contribution in [1.82, 2.24) is 9.80 Å². The van der Waals surface area contributed by atoms with Gasteiger partial charge >= 0.3 is 0 Å². The highest BCUT2D eigenvalue weighted by molar-refractivity contribution is 7.85. The van der Waals surface area contributed by atoms with E-state index < -0.39 is 10.8 Å². The summed E-state index contributed by atoms with van der Waals surface area (Å²) in [6.45, 7) is 7.16. The highest BCUT2D eigenvalue weighted by Gasteiger charge is 2.22. The van der Waals surface area contributed by atoms with Crippen LogP contribution in [0, 0.1) is 6.92 Å². The van der Waals surface area contributed by atoms with Gasteiger partial charge < -0.3 is 23.8 Å². The van der Waals surface area contributed by atoms with Gasteiger partial charge in [0.15, 0.2) is 18.1 Å². The maximum Gasteiger partial charge on any atom is 0.260 e. The van der Waals surface area contributed by atoms with Crippen molar-refractivity contribution in [3.8, 4) is 34.1 Å². The van der Waals surface area contributed by atoms with Crippen molar-refractivity contribution in [2.24, 2.45) is 0 Å². The van der Waals surface area contributed by atoms with Crippen LogP contribution in [0.2, 0.25) is 5.02 Å². The molecule has 0 saturated carbocycles. The minimum Gasteiger partial charge on any atom is -0.487 e. The molecule has 44 heavy (non-hydrogen) atoms. The van der Waals surface area contributed by atoms with Crippen LogP contribution in [-0.4, -0.2) is 77.4 Å². The maximum absolute atomic E-state index is 12.9. The fourth-order valence-electron chi connectivity index (χ4n) is 5.94. The maximum atomic E-state index is 12.9. The average molecular weight is 639 g/mol. The van der Waals surface area contributed by atoms with Gasteiger partial charge in [0.1, 0.15) is 31.3 Å². The minimum atomic E-state index is -0.847. The van der Waals surface area contributed by atoms with E-state index in [2.05, 4.69) is 24.0 Å². The number of halogens is 1. The van der Waals surface area contributed by atoms with E-state index in [0.717, 1.165) is 52.4 Å². The van der Waals surface area contributed by atoms with Gasteiger partial charge in [-0.05, 0) is 73.3 Å². The van der Waals surface area contributed by atoms with Crippen LogP contribution < -0.4 is 18.9 Å². The number of rotatable bonds is 9. The van der Waals surface area contributed by atoms with Crippen LogP contribution in [0.4, 0.5) is 0 Å². The quantitative estimate of drug-likeness (QED) is 0.301. The van der Waals surface area contributed by atoms with Gasteiger partial charge in [-0.25, -0.2) is 0 Å². The van der Waals surface area contributed by atoms with Crippen LogP contribution in [0.25, 0.3) is 11.1 Å². The van der Waals surface area contributed by atoms with Gasteiger partial charge in [0, 0.05) is 53.6 Å². The molecular weight excluding hydrogens is 600 g/mol. The van der Waals surface area contributed by atoms with Crippen LogP contribution in [0.1, 0.15) is 36.0 Å². The molecule has 1 amide bonds. The molecule has 0 spiro atoms. The third-order valence-corrected chi connectivity index (χ3v) is 10.1. The first-order valence-corrected chi connectivity index (χ1v) is 17.2. The lowest BCUT2D eigenvalue weighted by atomic mass is 9.96. The van der Waals surface area contributed by atoms with Crippen molar-refractivity contribution in [2.45, 2.75) is 39.3 Å². The average Bonchev–Trinajstić information content (AvgIpc) is 3.05. The van der Waals surface area contributed by atoms with Gasteiger partial charge in [0.25, 0.3) is 5.91 Å². The summed E-state index contributed by atoms with van der Waals surface area (Å²) in [6.07, 6.45) is 3.59. The number of ether oxygens (including phenoxy) is 4. The molecule has 234 valence electrons. The molecule has 10 heteroatoms. The van der Waals surface area contributed by atoms with Crippen LogP contribution in [0.15, 0.2) is 48.5 Å². The first kappa shape index (κ1) is 30.7. The molecule has 2 saturated heterocycles. The molecule has 0 aromatic heterocycles. The fraction of sp³-hybridized carbons (Fsp3) is 0.441. The highest BCUT2D eigenvalue weighted by Crippen LogP contribution is 2.38. The molecule has 0 bridgehead atoms. The van der Waals surface area contributed by atoms with Crippen molar-refractivity contribution >= 4 is 28.3 Å². The number of hydrogen-bond donors (Lipinski definition) is 0. The van der Waals surface area contributed by atoms with E-state index >= 15 is 0 Å². The number of nitrogens with zero attached hydrogens (tertiary/aromatic N) is 2. The second kappa shape index (κ2) is 14.2. The van der Waals surface area contributed by atoms with E-state index in [0.29, 0.717) is 67.5 Å². The molecular formula is C34H39ClN2O6S. The lowest BCUT2D eigenvalue weighted by Crippen LogP contribution is -2.43. The number of piperidine rings is 1. The molecule has 3 aliphatic rings. The predicted molar refractivity (Wildman–Crippen MR) is 172 cm³/mol. The molecule has 3 heterocycles. The standard InChI is InChI=1S/C34H39ClN2O6S/c1-24-26(6-5-7-28(24)25-8-9-30-33(19-25)41-15-14-40-30)22-42-32-20-31(43-23-34(38)37-12-16-44(39)17-13-37)27(18-29(32)35)21-36-10-3-2-4-11-36/h5-9,18-20H,2-4,10-17,21-23H2,1H3. The molecule has 6 rings (SSSR count). The molecule has 0 radical (unpaired) electrons. The largest absolute Gasteiger partial charge is 0.487 e. The van der Waals surface area contributed by atoms with Gasteiger partial charge in [-0.3, -0.25) is 13.9 Å². The Labute approximate surface area is 266 Å². The number of hydrogen-bond acceptors (Lipinski definition) is 7. The molecule has 3 aliphatic heterocycles. The lowest BCUT2D eigenvalue weighted by molar-refractivity contribution is -0.133. The lowest BCUT2D eigenvalue weighted by Gasteiger charge is -2.28. The zero-order valence-corrected chi connectivity index (χ0v) is 26.7. The molecule has 0 unspecified atom stereocenters. The van der Waals surface area contributed by atoms with Gasteiger partial charge in [-0.2, -0.15) is 0 Å². The van der Waals surface area contributed by atoms with Gasteiger partial charge in [0.2, 0.25) is 0 Å². The van der Waals surface area contributed by atoms with E-state index in [1.807, 2.05) is 36.4 Å². The number of likely N-dealkylation sites (tertiary alicyclic amines) is 1. The summed E-state index contributed by atoms with van der Waals surface area (Å²) in [4.78, 5) is 17.1. The second-order valence-electron chi connectivity index (χ2n) is 11.5. The second-order valence-corrected chi connectivity index (χ2v) is 13.6. The van der Waals surface area contributed by atoms with Gasteiger partial charge in [0.05, 0.1) is 5.02 Å². The molecule has 3 aromatic rings. The number of benzene rings is 3.